The Bertz CT molecular complexity index is 1190. The van der Waals surface area contributed by atoms with Gasteiger partial charge >= 0.3 is 0 Å². The van der Waals surface area contributed by atoms with Crippen molar-refractivity contribution in [1.29, 1.82) is 0 Å². The zero-order chi connectivity index (χ0) is 24.5. The summed E-state index contributed by atoms with van der Waals surface area (Å²) in [5.41, 5.74) is 3.11. The number of anilines is 1. The molecule has 7 rings (SSSR count). The highest BCUT2D eigenvalue weighted by Crippen LogP contribution is 2.38. The first-order valence-electron chi connectivity index (χ1n) is 13.1. The van der Waals surface area contributed by atoms with E-state index in [1.807, 2.05) is 47.3 Å². The van der Waals surface area contributed by atoms with Gasteiger partial charge < -0.3 is 14.5 Å². The number of para-hydroxylation sites is 2. The number of amides is 1. The van der Waals surface area contributed by atoms with E-state index in [0.717, 1.165) is 81.3 Å². The summed E-state index contributed by atoms with van der Waals surface area (Å²) in [5.74, 6) is 1.80. The highest BCUT2D eigenvalue weighted by atomic mass is 16.5. The minimum atomic E-state index is 0.114. The minimum absolute atomic E-state index is 0.114. The number of rotatable bonds is 6. The van der Waals surface area contributed by atoms with Gasteiger partial charge in [-0.3, -0.25) is 14.4 Å². The van der Waals surface area contributed by atoms with Crippen LogP contribution >= 0.6 is 0 Å². The van der Waals surface area contributed by atoms with E-state index in [-0.39, 0.29) is 5.92 Å². The number of benzene rings is 2. The molecule has 36 heavy (non-hydrogen) atoms. The highest BCUT2D eigenvalue weighted by molar-refractivity contribution is 5.80. The largest absolute Gasteiger partial charge is 0.495 e. The standard InChI is InChI=1S/C28H34N6O2/c1-36-27-10-6-5-9-26(27)31-13-15-32(16-14-31)28(35)24-19-33-12-11-22(24)17-23(33)18-34-20-25(29-30-34)21-7-3-2-4-8-21/h2-10,20,22-24H,11-19H2,1H3/t22-,23-,24-/m1/s1. The van der Waals surface area contributed by atoms with E-state index in [1.165, 1.54) is 0 Å². The summed E-state index contributed by atoms with van der Waals surface area (Å²) in [6.45, 7) is 5.98. The molecule has 4 saturated heterocycles. The van der Waals surface area contributed by atoms with Crippen LogP contribution in [0.3, 0.4) is 0 Å². The predicted octanol–water partition coefficient (Wildman–Crippen LogP) is 3.01. The molecule has 188 valence electrons. The molecule has 2 bridgehead atoms. The maximum Gasteiger partial charge on any atom is 0.227 e. The van der Waals surface area contributed by atoms with E-state index in [4.69, 9.17) is 4.74 Å². The van der Waals surface area contributed by atoms with Crippen LogP contribution in [-0.2, 0) is 11.3 Å². The van der Waals surface area contributed by atoms with Gasteiger partial charge in [-0.05, 0) is 37.4 Å². The van der Waals surface area contributed by atoms with Crippen molar-refractivity contribution in [1.82, 2.24) is 24.8 Å². The molecule has 4 aliphatic rings. The third kappa shape index (κ3) is 4.46. The van der Waals surface area contributed by atoms with Crippen LogP contribution in [-0.4, -0.2) is 83.1 Å². The lowest BCUT2D eigenvalue weighted by atomic mass is 9.75. The summed E-state index contributed by atoms with van der Waals surface area (Å²) in [7, 11) is 1.71. The molecule has 1 amide bonds. The molecular weight excluding hydrogens is 452 g/mol. The average Bonchev–Trinajstić information content (AvgIpc) is 3.42. The maximum absolute atomic E-state index is 13.6. The molecule has 5 heterocycles. The van der Waals surface area contributed by atoms with E-state index in [0.29, 0.717) is 17.9 Å². The number of fused-ring (bicyclic) bond motifs is 3. The van der Waals surface area contributed by atoms with Crippen LogP contribution in [0.4, 0.5) is 5.69 Å². The number of carbonyl (C=O) groups excluding carboxylic acids is 1. The second kappa shape index (κ2) is 9.93. The number of hydrogen-bond acceptors (Lipinski definition) is 6. The van der Waals surface area contributed by atoms with Crippen molar-refractivity contribution in [3.63, 3.8) is 0 Å². The van der Waals surface area contributed by atoms with Gasteiger partial charge in [0.15, 0.2) is 0 Å². The molecule has 3 aromatic rings. The van der Waals surface area contributed by atoms with E-state index >= 15 is 0 Å². The number of piperidine rings is 3. The van der Waals surface area contributed by atoms with Crippen LogP contribution in [0.25, 0.3) is 11.3 Å². The summed E-state index contributed by atoms with van der Waals surface area (Å²) in [4.78, 5) is 20.5. The molecule has 1 aromatic heterocycles. The van der Waals surface area contributed by atoms with E-state index < -0.39 is 0 Å². The van der Waals surface area contributed by atoms with Gasteiger partial charge in [0.25, 0.3) is 0 Å². The van der Waals surface area contributed by atoms with Crippen molar-refractivity contribution in [2.75, 3.05) is 51.3 Å². The highest BCUT2D eigenvalue weighted by Gasteiger charge is 2.44. The third-order valence-electron chi connectivity index (χ3n) is 8.22. The Morgan fingerprint density at radius 2 is 1.78 bits per heavy atom. The average molecular weight is 487 g/mol. The molecule has 0 N–H and O–H groups in total. The Kier molecular flexibility index (Phi) is 6.35. The molecule has 0 radical (unpaired) electrons. The van der Waals surface area contributed by atoms with Gasteiger partial charge in [-0.15, -0.1) is 5.10 Å². The minimum Gasteiger partial charge on any atom is -0.495 e. The van der Waals surface area contributed by atoms with Crippen molar-refractivity contribution in [2.24, 2.45) is 11.8 Å². The Balaban J connectivity index is 1.05. The number of nitrogens with zero attached hydrogens (tertiary/aromatic N) is 6. The van der Waals surface area contributed by atoms with Crippen molar-refractivity contribution in [2.45, 2.75) is 25.4 Å². The molecule has 1 unspecified atom stereocenters. The van der Waals surface area contributed by atoms with Crippen LogP contribution in [0.2, 0.25) is 0 Å². The lowest BCUT2D eigenvalue weighted by Crippen LogP contribution is -2.60. The summed E-state index contributed by atoms with van der Waals surface area (Å²) in [6, 6.07) is 18.7. The van der Waals surface area contributed by atoms with E-state index in [1.54, 1.807) is 7.11 Å². The smallest absolute Gasteiger partial charge is 0.227 e. The SMILES string of the molecule is COc1ccccc1N1CCN(C(=O)[C@@H]2CN3CC[C@@H]2C[C@@H]3Cn2cc(-c3ccccc3)nn2)CC1. The van der Waals surface area contributed by atoms with Crippen molar-refractivity contribution in [3.05, 3.63) is 60.8 Å². The van der Waals surface area contributed by atoms with E-state index in [2.05, 4.69) is 43.2 Å². The second-order valence-electron chi connectivity index (χ2n) is 10.2. The summed E-state index contributed by atoms with van der Waals surface area (Å²) in [6.07, 6.45) is 4.21. The van der Waals surface area contributed by atoms with Gasteiger partial charge in [-0.25, -0.2) is 0 Å². The zero-order valence-electron chi connectivity index (χ0n) is 20.9. The summed E-state index contributed by atoms with van der Waals surface area (Å²) < 4.78 is 7.51. The fraction of sp³-hybridized carbons (Fsp3) is 0.464. The zero-order valence-corrected chi connectivity index (χ0v) is 20.9. The van der Waals surface area contributed by atoms with Gasteiger partial charge in [0.05, 0.1) is 31.5 Å². The van der Waals surface area contributed by atoms with Crippen molar-refractivity contribution < 1.29 is 9.53 Å². The first kappa shape index (κ1) is 23.0. The van der Waals surface area contributed by atoms with E-state index in [9.17, 15) is 4.79 Å². The van der Waals surface area contributed by atoms with Gasteiger partial charge in [0.2, 0.25) is 5.91 Å². The number of carbonyl (C=O) groups is 1. The van der Waals surface area contributed by atoms with Crippen LogP contribution in [0, 0.1) is 11.8 Å². The van der Waals surface area contributed by atoms with Gasteiger partial charge in [-0.1, -0.05) is 47.7 Å². The molecule has 4 fully saturated rings. The predicted molar refractivity (Wildman–Crippen MR) is 139 cm³/mol. The molecule has 4 atom stereocenters. The first-order valence-corrected chi connectivity index (χ1v) is 13.1. The first-order chi connectivity index (χ1) is 17.7. The summed E-state index contributed by atoms with van der Waals surface area (Å²) >= 11 is 0. The number of piperazine rings is 1. The molecule has 2 aromatic carbocycles. The number of methoxy groups -OCH3 is 1. The van der Waals surface area contributed by atoms with Gasteiger partial charge in [0, 0.05) is 44.3 Å². The normalized spacial score (nSPS) is 25.7. The Morgan fingerprint density at radius 3 is 2.53 bits per heavy atom. The fourth-order valence-corrected chi connectivity index (χ4v) is 6.25. The molecule has 0 saturated carbocycles. The Labute approximate surface area is 212 Å². The number of aromatic nitrogens is 3. The third-order valence-corrected chi connectivity index (χ3v) is 8.22. The molecule has 4 aliphatic heterocycles. The second-order valence-corrected chi connectivity index (χ2v) is 10.2. The topological polar surface area (TPSA) is 66.7 Å². The summed E-state index contributed by atoms with van der Waals surface area (Å²) in [5, 5.41) is 8.77. The van der Waals surface area contributed by atoms with Crippen LogP contribution in [0.5, 0.6) is 5.75 Å². The molecule has 8 nitrogen and oxygen atoms in total. The van der Waals surface area contributed by atoms with Crippen molar-refractivity contribution in [3.8, 4) is 17.0 Å². The molecule has 0 spiro atoms. The van der Waals surface area contributed by atoms with Crippen LogP contribution < -0.4 is 9.64 Å². The quantitative estimate of drug-likeness (QED) is 0.534. The van der Waals surface area contributed by atoms with Gasteiger partial charge in [0.1, 0.15) is 11.4 Å². The molecule has 0 aliphatic carbocycles. The monoisotopic (exact) mass is 486 g/mol. The molecular formula is C28H34N6O2. The maximum atomic E-state index is 13.6. The number of hydrogen-bond donors (Lipinski definition) is 0. The Hall–Kier alpha value is -3.39. The molecule has 8 heteroatoms. The van der Waals surface area contributed by atoms with Crippen LogP contribution in [0.1, 0.15) is 12.8 Å². The van der Waals surface area contributed by atoms with Gasteiger partial charge in [-0.2, -0.15) is 0 Å². The van der Waals surface area contributed by atoms with Crippen LogP contribution in [0.15, 0.2) is 60.8 Å². The van der Waals surface area contributed by atoms with Crippen molar-refractivity contribution >= 4 is 11.6 Å². The lowest BCUT2D eigenvalue weighted by Gasteiger charge is -2.50. The lowest BCUT2D eigenvalue weighted by molar-refractivity contribution is -0.144. The fourth-order valence-electron chi connectivity index (χ4n) is 6.25. The Morgan fingerprint density at radius 1 is 1.00 bits per heavy atom. The number of ether oxygens (including phenoxy) is 1.